The van der Waals surface area contributed by atoms with E-state index in [-0.39, 0.29) is 17.9 Å². The molecule has 0 saturated carbocycles. The topological polar surface area (TPSA) is 70.7 Å². The van der Waals surface area contributed by atoms with Crippen molar-refractivity contribution in [3.8, 4) is 0 Å². The SMILES string of the molecule is CC1CCNCC1NC(=O)CSCC(=O)N1CCOCC1. The molecule has 2 rings (SSSR count). The molecule has 2 aliphatic heterocycles. The van der Waals surface area contributed by atoms with E-state index in [1.54, 1.807) is 0 Å². The number of nitrogens with zero attached hydrogens (tertiary/aromatic N) is 1. The fourth-order valence-corrected chi connectivity index (χ4v) is 3.29. The van der Waals surface area contributed by atoms with E-state index in [1.807, 2.05) is 4.90 Å². The average Bonchev–Trinajstić information content (AvgIpc) is 2.50. The molecule has 0 spiro atoms. The monoisotopic (exact) mass is 315 g/mol. The second-order valence-corrected chi connectivity index (χ2v) is 6.62. The standard InChI is InChI=1S/C14H25N3O3S/c1-11-2-3-15-8-12(11)16-13(18)9-21-10-14(19)17-4-6-20-7-5-17/h11-12,15H,2-10H2,1H3,(H,16,18). The van der Waals surface area contributed by atoms with Crippen molar-refractivity contribution in [3.05, 3.63) is 0 Å². The van der Waals surface area contributed by atoms with E-state index in [0.29, 0.717) is 43.7 Å². The van der Waals surface area contributed by atoms with Crippen LogP contribution in [-0.2, 0) is 14.3 Å². The number of thioether (sulfide) groups is 1. The van der Waals surface area contributed by atoms with Crippen molar-refractivity contribution in [3.63, 3.8) is 0 Å². The Hall–Kier alpha value is -0.790. The number of piperidine rings is 1. The van der Waals surface area contributed by atoms with Crippen LogP contribution in [0.25, 0.3) is 0 Å². The van der Waals surface area contributed by atoms with E-state index < -0.39 is 0 Å². The van der Waals surface area contributed by atoms with Crippen molar-refractivity contribution in [1.29, 1.82) is 0 Å². The van der Waals surface area contributed by atoms with Crippen LogP contribution in [0.4, 0.5) is 0 Å². The molecule has 2 atom stereocenters. The summed E-state index contributed by atoms with van der Waals surface area (Å²) in [7, 11) is 0. The van der Waals surface area contributed by atoms with Gasteiger partial charge in [-0.3, -0.25) is 9.59 Å². The Morgan fingerprint density at radius 2 is 2.10 bits per heavy atom. The number of amides is 2. The lowest BCUT2D eigenvalue weighted by atomic mass is 9.95. The first-order valence-corrected chi connectivity index (χ1v) is 8.75. The van der Waals surface area contributed by atoms with Crippen LogP contribution in [-0.4, -0.2) is 73.7 Å². The summed E-state index contributed by atoms with van der Waals surface area (Å²) in [6, 6.07) is 0.210. The molecule has 6 nitrogen and oxygen atoms in total. The number of rotatable bonds is 5. The van der Waals surface area contributed by atoms with E-state index in [2.05, 4.69) is 17.6 Å². The fraction of sp³-hybridized carbons (Fsp3) is 0.857. The van der Waals surface area contributed by atoms with Gasteiger partial charge in [-0.05, 0) is 18.9 Å². The van der Waals surface area contributed by atoms with Crippen molar-refractivity contribution in [2.45, 2.75) is 19.4 Å². The maximum atomic E-state index is 11.9. The van der Waals surface area contributed by atoms with Gasteiger partial charge in [-0.15, -0.1) is 11.8 Å². The molecule has 2 heterocycles. The number of ether oxygens (including phenoxy) is 1. The average molecular weight is 315 g/mol. The molecular weight excluding hydrogens is 290 g/mol. The molecule has 0 radical (unpaired) electrons. The molecule has 2 fully saturated rings. The number of morpholine rings is 1. The van der Waals surface area contributed by atoms with Crippen LogP contribution < -0.4 is 10.6 Å². The van der Waals surface area contributed by atoms with Crippen LogP contribution in [0.1, 0.15) is 13.3 Å². The van der Waals surface area contributed by atoms with Crippen molar-refractivity contribution >= 4 is 23.6 Å². The molecule has 120 valence electrons. The zero-order chi connectivity index (χ0) is 15.1. The first-order valence-electron chi connectivity index (χ1n) is 7.60. The minimum absolute atomic E-state index is 0.0235. The Morgan fingerprint density at radius 3 is 2.81 bits per heavy atom. The number of hydrogen-bond donors (Lipinski definition) is 2. The zero-order valence-electron chi connectivity index (χ0n) is 12.6. The Kier molecular flexibility index (Phi) is 6.79. The Labute approximate surface area is 130 Å². The molecular formula is C14H25N3O3S. The van der Waals surface area contributed by atoms with Crippen molar-refractivity contribution in [2.24, 2.45) is 5.92 Å². The molecule has 21 heavy (non-hydrogen) atoms. The van der Waals surface area contributed by atoms with Crippen molar-refractivity contribution < 1.29 is 14.3 Å². The maximum absolute atomic E-state index is 11.9. The molecule has 0 aromatic heterocycles. The summed E-state index contributed by atoms with van der Waals surface area (Å²) < 4.78 is 5.22. The normalized spacial score (nSPS) is 26.4. The molecule has 2 aliphatic rings. The Balaban J connectivity index is 1.61. The summed E-state index contributed by atoms with van der Waals surface area (Å²) in [5.41, 5.74) is 0. The van der Waals surface area contributed by atoms with E-state index in [1.165, 1.54) is 11.8 Å². The highest BCUT2D eigenvalue weighted by atomic mass is 32.2. The highest BCUT2D eigenvalue weighted by molar-refractivity contribution is 8.00. The van der Waals surface area contributed by atoms with Gasteiger partial charge in [0.1, 0.15) is 0 Å². The van der Waals surface area contributed by atoms with Gasteiger partial charge in [0.2, 0.25) is 11.8 Å². The minimum atomic E-state index is 0.0235. The Bertz CT molecular complexity index is 361. The number of carbonyl (C=O) groups excluding carboxylic acids is 2. The van der Waals surface area contributed by atoms with Gasteiger partial charge in [0.15, 0.2) is 0 Å². The number of hydrogen-bond acceptors (Lipinski definition) is 5. The van der Waals surface area contributed by atoms with Crippen LogP contribution in [0.3, 0.4) is 0 Å². The van der Waals surface area contributed by atoms with E-state index in [9.17, 15) is 9.59 Å². The Morgan fingerprint density at radius 1 is 1.33 bits per heavy atom. The van der Waals surface area contributed by atoms with Gasteiger partial charge in [0.05, 0.1) is 24.7 Å². The lowest BCUT2D eigenvalue weighted by molar-refractivity contribution is -0.132. The third-order valence-electron chi connectivity index (χ3n) is 4.00. The van der Waals surface area contributed by atoms with Crippen LogP contribution in [0.2, 0.25) is 0 Å². The van der Waals surface area contributed by atoms with Crippen LogP contribution in [0.15, 0.2) is 0 Å². The molecule has 2 amide bonds. The smallest absolute Gasteiger partial charge is 0.232 e. The number of carbonyl (C=O) groups is 2. The lowest BCUT2D eigenvalue weighted by Gasteiger charge is -2.30. The summed E-state index contributed by atoms with van der Waals surface area (Å²) in [6.07, 6.45) is 1.09. The molecule has 2 N–H and O–H groups in total. The van der Waals surface area contributed by atoms with Crippen LogP contribution in [0, 0.1) is 5.92 Å². The number of nitrogens with one attached hydrogen (secondary N) is 2. The van der Waals surface area contributed by atoms with E-state index in [0.717, 1.165) is 19.5 Å². The fourth-order valence-electron chi connectivity index (χ4n) is 2.57. The van der Waals surface area contributed by atoms with Crippen molar-refractivity contribution in [1.82, 2.24) is 15.5 Å². The zero-order valence-corrected chi connectivity index (χ0v) is 13.4. The molecule has 7 heteroatoms. The van der Waals surface area contributed by atoms with Crippen LogP contribution in [0.5, 0.6) is 0 Å². The quantitative estimate of drug-likeness (QED) is 0.728. The van der Waals surface area contributed by atoms with Gasteiger partial charge in [-0.25, -0.2) is 0 Å². The summed E-state index contributed by atoms with van der Waals surface area (Å²) >= 11 is 1.39. The molecule has 0 aromatic carbocycles. The van der Waals surface area contributed by atoms with E-state index >= 15 is 0 Å². The maximum Gasteiger partial charge on any atom is 0.232 e. The highest BCUT2D eigenvalue weighted by Crippen LogP contribution is 2.12. The first-order chi connectivity index (χ1) is 10.2. The highest BCUT2D eigenvalue weighted by Gasteiger charge is 2.23. The van der Waals surface area contributed by atoms with Gasteiger partial charge < -0.3 is 20.3 Å². The third kappa shape index (κ3) is 5.48. The predicted octanol–water partition coefficient (Wildman–Crippen LogP) is -0.307. The second kappa shape index (κ2) is 8.60. The molecule has 0 aromatic rings. The van der Waals surface area contributed by atoms with Gasteiger partial charge in [0, 0.05) is 25.7 Å². The van der Waals surface area contributed by atoms with Gasteiger partial charge in [0.25, 0.3) is 0 Å². The predicted molar refractivity (Wildman–Crippen MR) is 83.3 cm³/mol. The second-order valence-electron chi connectivity index (χ2n) is 5.63. The largest absolute Gasteiger partial charge is 0.378 e. The molecule has 2 saturated heterocycles. The summed E-state index contributed by atoms with van der Waals surface area (Å²) in [5.74, 6) is 1.35. The van der Waals surface area contributed by atoms with Crippen LogP contribution >= 0.6 is 11.8 Å². The van der Waals surface area contributed by atoms with Gasteiger partial charge in [-0.1, -0.05) is 6.92 Å². The summed E-state index contributed by atoms with van der Waals surface area (Å²) in [4.78, 5) is 25.6. The van der Waals surface area contributed by atoms with Gasteiger partial charge >= 0.3 is 0 Å². The van der Waals surface area contributed by atoms with E-state index in [4.69, 9.17) is 4.74 Å². The van der Waals surface area contributed by atoms with Crippen molar-refractivity contribution in [2.75, 3.05) is 50.9 Å². The molecule has 0 aliphatic carbocycles. The van der Waals surface area contributed by atoms with Gasteiger partial charge in [-0.2, -0.15) is 0 Å². The lowest BCUT2D eigenvalue weighted by Crippen LogP contribution is -2.50. The minimum Gasteiger partial charge on any atom is -0.378 e. The first kappa shape index (κ1) is 16.6. The summed E-state index contributed by atoms with van der Waals surface area (Å²) in [6.45, 7) is 6.59. The molecule has 0 bridgehead atoms. The molecule has 2 unspecified atom stereocenters. The third-order valence-corrected chi connectivity index (χ3v) is 4.91. The summed E-state index contributed by atoms with van der Waals surface area (Å²) in [5, 5.41) is 6.35.